The highest BCUT2D eigenvalue weighted by atomic mass is 35.7. The van der Waals surface area contributed by atoms with Crippen molar-refractivity contribution in [3.8, 4) is 0 Å². The van der Waals surface area contributed by atoms with Crippen molar-refractivity contribution < 1.29 is 0 Å². The van der Waals surface area contributed by atoms with Crippen LogP contribution in [0.4, 0.5) is 0 Å². The molecule has 0 aromatic heterocycles. The Labute approximate surface area is 101 Å². The van der Waals surface area contributed by atoms with E-state index >= 15 is 0 Å². The Morgan fingerprint density at radius 2 is 1.71 bits per heavy atom. The molecule has 0 aliphatic carbocycles. The molecule has 0 aliphatic heterocycles. The van der Waals surface area contributed by atoms with Crippen molar-refractivity contribution in [3.05, 3.63) is 35.9 Å². The Kier molecular flexibility index (Phi) is 3.92. The van der Waals surface area contributed by atoms with Crippen LogP contribution >= 0.6 is 33.8 Å². The SMILES string of the molecule is CC(Cl)(Cc1ccccc1)[Si](C)(Cl)Cl. The zero-order valence-corrected chi connectivity index (χ0v) is 11.5. The molecule has 14 heavy (non-hydrogen) atoms. The molecule has 0 saturated carbocycles. The molecular formula is C10H13Cl3Si. The van der Waals surface area contributed by atoms with Crippen LogP contribution in [0.1, 0.15) is 12.5 Å². The molecule has 0 nitrogen and oxygen atoms in total. The Hall–Kier alpha value is 0.307. The van der Waals surface area contributed by atoms with Gasteiger partial charge in [-0.3, -0.25) is 0 Å². The summed E-state index contributed by atoms with van der Waals surface area (Å²) < 4.78 is -0.516. The highest BCUT2D eigenvalue weighted by molar-refractivity contribution is 7.47. The number of alkyl halides is 1. The molecule has 0 N–H and O–H groups in total. The molecule has 78 valence electrons. The van der Waals surface area contributed by atoms with Gasteiger partial charge in [-0.1, -0.05) is 30.3 Å². The van der Waals surface area contributed by atoms with Gasteiger partial charge in [-0.2, -0.15) is 0 Å². The minimum atomic E-state index is -2.36. The summed E-state index contributed by atoms with van der Waals surface area (Å²) in [5.74, 6) is 0. The van der Waals surface area contributed by atoms with E-state index in [4.69, 9.17) is 33.8 Å². The molecule has 0 heterocycles. The average Bonchev–Trinajstić information content (AvgIpc) is 2.03. The predicted octanol–water partition coefficient (Wildman–Crippen LogP) is 4.32. The third kappa shape index (κ3) is 3.16. The van der Waals surface area contributed by atoms with E-state index in [-0.39, 0.29) is 0 Å². The lowest BCUT2D eigenvalue weighted by Crippen LogP contribution is -2.42. The van der Waals surface area contributed by atoms with Crippen molar-refractivity contribution in [1.29, 1.82) is 0 Å². The standard InChI is InChI=1S/C10H13Cl3Si/c1-10(11,14(2,12)13)8-9-6-4-3-5-7-9/h3-7H,8H2,1-2H3. The molecule has 0 aliphatic rings. The summed E-state index contributed by atoms with van der Waals surface area (Å²) in [7, 11) is 0. The van der Waals surface area contributed by atoms with Crippen molar-refractivity contribution in [2.45, 2.75) is 24.4 Å². The van der Waals surface area contributed by atoms with Gasteiger partial charge < -0.3 is 0 Å². The normalized spacial score (nSPS) is 16.4. The smallest absolute Gasteiger partial charge is 0.144 e. The second-order valence-corrected chi connectivity index (χ2v) is 12.9. The lowest BCUT2D eigenvalue weighted by atomic mass is 10.1. The Balaban J connectivity index is 2.79. The van der Waals surface area contributed by atoms with E-state index in [1.807, 2.05) is 43.8 Å². The minimum Gasteiger partial charge on any atom is -0.144 e. The zero-order chi connectivity index (χ0) is 10.8. The average molecular weight is 268 g/mol. The fourth-order valence-corrected chi connectivity index (χ4v) is 2.20. The molecule has 4 heteroatoms. The zero-order valence-electron chi connectivity index (χ0n) is 8.23. The molecule has 1 unspecified atom stereocenters. The molecule has 0 amide bonds. The fourth-order valence-electron chi connectivity index (χ4n) is 1.13. The maximum atomic E-state index is 6.34. The van der Waals surface area contributed by atoms with Crippen molar-refractivity contribution >= 4 is 40.5 Å². The first-order valence-corrected chi connectivity index (χ1v) is 9.34. The van der Waals surface area contributed by atoms with Gasteiger partial charge in [0.2, 0.25) is 0 Å². The van der Waals surface area contributed by atoms with Crippen LogP contribution in [0.15, 0.2) is 30.3 Å². The first kappa shape index (κ1) is 12.4. The highest BCUT2D eigenvalue weighted by Gasteiger charge is 2.43. The summed E-state index contributed by atoms with van der Waals surface area (Å²) in [5, 5.41) is 0. The second-order valence-electron chi connectivity index (χ2n) is 3.75. The van der Waals surface area contributed by atoms with Crippen LogP contribution in [0.2, 0.25) is 6.55 Å². The number of rotatable bonds is 3. The van der Waals surface area contributed by atoms with E-state index in [1.165, 1.54) is 5.56 Å². The van der Waals surface area contributed by atoms with Gasteiger partial charge in [0.25, 0.3) is 6.69 Å². The van der Waals surface area contributed by atoms with Gasteiger partial charge in [0.15, 0.2) is 0 Å². The monoisotopic (exact) mass is 266 g/mol. The third-order valence-electron chi connectivity index (χ3n) is 2.29. The number of hydrogen-bond donors (Lipinski definition) is 0. The van der Waals surface area contributed by atoms with Crippen LogP contribution in [0, 0.1) is 0 Å². The Morgan fingerprint density at radius 3 is 2.14 bits per heavy atom. The quantitative estimate of drug-likeness (QED) is 0.435. The van der Waals surface area contributed by atoms with Gasteiger partial charge in [0.05, 0.1) is 4.50 Å². The lowest BCUT2D eigenvalue weighted by Gasteiger charge is -2.29. The third-order valence-corrected chi connectivity index (χ3v) is 8.65. The number of halogens is 3. The maximum absolute atomic E-state index is 6.34. The van der Waals surface area contributed by atoms with Crippen LogP contribution in [0.3, 0.4) is 0 Å². The van der Waals surface area contributed by atoms with Crippen LogP contribution in [0.25, 0.3) is 0 Å². The molecule has 0 spiro atoms. The Morgan fingerprint density at radius 1 is 1.21 bits per heavy atom. The largest absolute Gasteiger partial charge is 0.268 e. The lowest BCUT2D eigenvalue weighted by molar-refractivity contribution is 0.832. The first-order chi connectivity index (χ1) is 6.33. The summed E-state index contributed by atoms with van der Waals surface area (Å²) >= 11 is 18.6. The van der Waals surface area contributed by atoms with Crippen LogP contribution in [0.5, 0.6) is 0 Å². The second kappa shape index (κ2) is 4.44. The van der Waals surface area contributed by atoms with Crippen molar-refractivity contribution in [2.75, 3.05) is 0 Å². The fraction of sp³-hybridized carbons (Fsp3) is 0.400. The number of benzene rings is 1. The number of hydrogen-bond acceptors (Lipinski definition) is 0. The van der Waals surface area contributed by atoms with Gasteiger partial charge in [-0.25, -0.2) is 0 Å². The molecule has 1 aromatic carbocycles. The van der Waals surface area contributed by atoms with Gasteiger partial charge in [0.1, 0.15) is 0 Å². The molecular weight excluding hydrogens is 255 g/mol. The Bertz CT molecular complexity index is 290. The van der Waals surface area contributed by atoms with E-state index in [2.05, 4.69) is 0 Å². The molecule has 0 bridgehead atoms. The minimum absolute atomic E-state index is 0.516. The summed E-state index contributed by atoms with van der Waals surface area (Å²) in [6.07, 6.45) is 0.713. The van der Waals surface area contributed by atoms with E-state index in [0.29, 0.717) is 6.42 Å². The van der Waals surface area contributed by atoms with Crippen LogP contribution in [-0.2, 0) is 6.42 Å². The van der Waals surface area contributed by atoms with Gasteiger partial charge in [-0.05, 0) is 25.5 Å². The molecule has 0 radical (unpaired) electrons. The summed E-state index contributed by atoms with van der Waals surface area (Å²) in [5.41, 5.74) is 1.17. The van der Waals surface area contributed by atoms with Crippen molar-refractivity contribution in [3.63, 3.8) is 0 Å². The van der Waals surface area contributed by atoms with Gasteiger partial charge in [-0.15, -0.1) is 33.8 Å². The van der Waals surface area contributed by atoms with E-state index in [1.54, 1.807) is 0 Å². The topological polar surface area (TPSA) is 0 Å². The maximum Gasteiger partial charge on any atom is 0.268 e. The summed E-state index contributed by atoms with van der Waals surface area (Å²) in [4.78, 5) is 0. The molecule has 1 atom stereocenters. The van der Waals surface area contributed by atoms with E-state index in [0.717, 1.165) is 0 Å². The molecule has 1 aromatic rings. The summed E-state index contributed by atoms with van der Waals surface area (Å²) in [6, 6.07) is 10.0. The van der Waals surface area contributed by atoms with Crippen LogP contribution in [-0.4, -0.2) is 11.2 Å². The van der Waals surface area contributed by atoms with Crippen molar-refractivity contribution in [2.24, 2.45) is 0 Å². The van der Waals surface area contributed by atoms with E-state index < -0.39 is 11.2 Å². The molecule has 1 rings (SSSR count). The first-order valence-electron chi connectivity index (χ1n) is 4.43. The van der Waals surface area contributed by atoms with Crippen LogP contribution < -0.4 is 0 Å². The van der Waals surface area contributed by atoms with E-state index in [9.17, 15) is 0 Å². The molecule has 0 saturated heterocycles. The predicted molar refractivity (Wildman–Crippen MR) is 67.7 cm³/mol. The van der Waals surface area contributed by atoms with Gasteiger partial charge >= 0.3 is 0 Å². The van der Waals surface area contributed by atoms with Crippen molar-refractivity contribution in [1.82, 2.24) is 0 Å². The summed E-state index contributed by atoms with van der Waals surface area (Å²) in [6.45, 7) is 1.41. The highest BCUT2D eigenvalue weighted by Crippen LogP contribution is 2.36. The molecule has 0 fully saturated rings. The van der Waals surface area contributed by atoms with Gasteiger partial charge in [0, 0.05) is 0 Å².